The number of nitrogens with two attached hydrogens (primary N) is 1. The number of amidine groups is 1. The van der Waals surface area contributed by atoms with Crippen molar-refractivity contribution in [2.45, 2.75) is 13.0 Å². The molecule has 6 nitrogen and oxygen atoms in total. The van der Waals surface area contributed by atoms with E-state index in [0.717, 1.165) is 0 Å². The van der Waals surface area contributed by atoms with Crippen LogP contribution in [0.3, 0.4) is 0 Å². The largest absolute Gasteiger partial charge is 0.488 e. The molecule has 3 N–H and O–H groups in total. The van der Waals surface area contributed by atoms with E-state index in [-0.39, 0.29) is 11.9 Å². The van der Waals surface area contributed by atoms with Crippen molar-refractivity contribution >= 4 is 5.84 Å². The molecule has 1 heterocycles. The van der Waals surface area contributed by atoms with Crippen molar-refractivity contribution in [3.8, 4) is 5.75 Å². The van der Waals surface area contributed by atoms with Crippen molar-refractivity contribution in [3.05, 3.63) is 24.0 Å². The molecule has 1 aromatic heterocycles. The lowest BCUT2D eigenvalue weighted by Crippen LogP contribution is -2.19. The van der Waals surface area contributed by atoms with Gasteiger partial charge in [-0.2, -0.15) is 0 Å². The molecule has 1 unspecified atom stereocenters. The number of nitrogens with zero attached hydrogens (tertiary/aromatic N) is 2. The SMILES string of the molecule is COCC(C)Oc1ccnc(C(N)=NO)c1. The molecule has 16 heavy (non-hydrogen) atoms. The van der Waals surface area contributed by atoms with Crippen LogP contribution in [-0.4, -0.2) is 35.8 Å². The third-order valence-corrected chi connectivity index (χ3v) is 1.84. The van der Waals surface area contributed by atoms with Crippen molar-refractivity contribution < 1.29 is 14.7 Å². The minimum Gasteiger partial charge on any atom is -0.488 e. The summed E-state index contributed by atoms with van der Waals surface area (Å²) < 4.78 is 10.5. The van der Waals surface area contributed by atoms with Gasteiger partial charge >= 0.3 is 0 Å². The van der Waals surface area contributed by atoms with E-state index in [9.17, 15) is 0 Å². The van der Waals surface area contributed by atoms with Crippen LogP contribution < -0.4 is 10.5 Å². The molecule has 1 atom stereocenters. The predicted octanol–water partition coefficient (Wildman–Crippen LogP) is 0.590. The van der Waals surface area contributed by atoms with Gasteiger partial charge in [0, 0.05) is 19.4 Å². The molecule has 0 aromatic carbocycles. The first kappa shape index (κ1) is 12.3. The van der Waals surface area contributed by atoms with Crippen LogP contribution in [0.5, 0.6) is 5.75 Å². The normalized spacial score (nSPS) is 13.5. The molecule has 0 aliphatic heterocycles. The first-order chi connectivity index (χ1) is 7.67. The van der Waals surface area contributed by atoms with Gasteiger partial charge < -0.3 is 20.4 Å². The molecule has 0 radical (unpaired) electrons. The summed E-state index contributed by atoms with van der Waals surface area (Å²) in [5.41, 5.74) is 5.78. The third-order valence-electron chi connectivity index (χ3n) is 1.84. The molecular weight excluding hydrogens is 210 g/mol. The molecule has 1 rings (SSSR count). The van der Waals surface area contributed by atoms with Gasteiger partial charge in [-0.25, -0.2) is 0 Å². The minimum atomic E-state index is -0.0764. The summed E-state index contributed by atoms with van der Waals surface area (Å²) in [5, 5.41) is 11.4. The van der Waals surface area contributed by atoms with Gasteiger partial charge in [0.05, 0.1) is 6.61 Å². The fourth-order valence-electron chi connectivity index (χ4n) is 1.18. The number of hydrogen-bond acceptors (Lipinski definition) is 5. The Morgan fingerprint density at radius 2 is 2.44 bits per heavy atom. The number of oxime groups is 1. The van der Waals surface area contributed by atoms with Crippen LogP contribution in [0.25, 0.3) is 0 Å². The van der Waals surface area contributed by atoms with E-state index in [1.54, 1.807) is 19.2 Å². The fourth-order valence-corrected chi connectivity index (χ4v) is 1.18. The Bertz CT molecular complexity index is 368. The molecule has 0 amide bonds. The maximum absolute atomic E-state index is 8.51. The van der Waals surface area contributed by atoms with Crippen LogP contribution in [0, 0.1) is 0 Å². The number of aromatic nitrogens is 1. The smallest absolute Gasteiger partial charge is 0.188 e. The number of hydrogen-bond donors (Lipinski definition) is 2. The van der Waals surface area contributed by atoms with E-state index < -0.39 is 0 Å². The highest BCUT2D eigenvalue weighted by Crippen LogP contribution is 2.12. The summed E-state index contributed by atoms with van der Waals surface area (Å²) in [5.74, 6) is 0.547. The minimum absolute atomic E-state index is 0.0511. The molecular formula is C10H15N3O3. The Labute approximate surface area is 93.7 Å². The summed E-state index contributed by atoms with van der Waals surface area (Å²) in [7, 11) is 1.61. The average molecular weight is 225 g/mol. The van der Waals surface area contributed by atoms with E-state index in [1.807, 2.05) is 6.92 Å². The standard InChI is InChI=1S/C10H15N3O3/c1-7(6-15-2)16-8-3-4-12-9(5-8)10(11)13-14/h3-5,7,14H,6H2,1-2H3,(H2,11,13). The summed E-state index contributed by atoms with van der Waals surface area (Å²) in [6.45, 7) is 2.37. The Balaban J connectivity index is 2.75. The third kappa shape index (κ3) is 3.39. The first-order valence-electron chi connectivity index (χ1n) is 4.77. The molecule has 0 saturated carbocycles. The van der Waals surface area contributed by atoms with Gasteiger partial charge in [0.15, 0.2) is 5.84 Å². The molecule has 0 aliphatic rings. The van der Waals surface area contributed by atoms with Crippen LogP contribution in [-0.2, 0) is 4.74 Å². The number of rotatable bonds is 5. The number of ether oxygens (including phenoxy) is 2. The summed E-state index contributed by atoms with van der Waals surface area (Å²) in [4.78, 5) is 3.94. The fraction of sp³-hybridized carbons (Fsp3) is 0.400. The van der Waals surface area contributed by atoms with Crippen LogP contribution in [0.4, 0.5) is 0 Å². The van der Waals surface area contributed by atoms with Crippen molar-refractivity contribution in [1.29, 1.82) is 0 Å². The van der Waals surface area contributed by atoms with Gasteiger partial charge in [0.2, 0.25) is 0 Å². The zero-order valence-electron chi connectivity index (χ0n) is 9.25. The van der Waals surface area contributed by atoms with E-state index in [2.05, 4.69) is 10.1 Å². The van der Waals surface area contributed by atoms with Gasteiger partial charge in [-0.05, 0) is 13.0 Å². The van der Waals surface area contributed by atoms with Gasteiger partial charge in [-0.3, -0.25) is 4.98 Å². The Hall–Kier alpha value is -1.82. The lowest BCUT2D eigenvalue weighted by atomic mass is 10.3. The topological polar surface area (TPSA) is 90.0 Å². The average Bonchev–Trinajstić information content (AvgIpc) is 2.28. The first-order valence-corrected chi connectivity index (χ1v) is 4.77. The van der Waals surface area contributed by atoms with Crippen molar-refractivity contribution in [1.82, 2.24) is 4.98 Å². The van der Waals surface area contributed by atoms with Crippen LogP contribution >= 0.6 is 0 Å². The monoisotopic (exact) mass is 225 g/mol. The second-order valence-electron chi connectivity index (χ2n) is 3.25. The van der Waals surface area contributed by atoms with E-state index in [1.165, 1.54) is 6.20 Å². The summed E-state index contributed by atoms with van der Waals surface area (Å²) >= 11 is 0. The van der Waals surface area contributed by atoms with E-state index in [4.69, 9.17) is 20.4 Å². The summed E-state index contributed by atoms with van der Waals surface area (Å²) in [6, 6.07) is 3.29. The van der Waals surface area contributed by atoms with Gasteiger partial charge in [0.1, 0.15) is 17.5 Å². The van der Waals surface area contributed by atoms with E-state index >= 15 is 0 Å². The maximum Gasteiger partial charge on any atom is 0.188 e. The van der Waals surface area contributed by atoms with Gasteiger partial charge in [-0.1, -0.05) is 5.16 Å². The Morgan fingerprint density at radius 1 is 1.69 bits per heavy atom. The molecule has 88 valence electrons. The Kier molecular flexibility index (Phi) is 4.53. The zero-order chi connectivity index (χ0) is 12.0. The maximum atomic E-state index is 8.51. The van der Waals surface area contributed by atoms with Gasteiger partial charge in [-0.15, -0.1) is 0 Å². The lowest BCUT2D eigenvalue weighted by molar-refractivity contribution is 0.0920. The molecule has 0 bridgehead atoms. The second-order valence-corrected chi connectivity index (χ2v) is 3.25. The van der Waals surface area contributed by atoms with Crippen molar-refractivity contribution in [2.75, 3.05) is 13.7 Å². The molecule has 0 saturated heterocycles. The predicted molar refractivity (Wildman–Crippen MR) is 58.7 cm³/mol. The van der Waals surface area contributed by atoms with E-state index in [0.29, 0.717) is 18.1 Å². The molecule has 1 aromatic rings. The molecule has 0 fully saturated rings. The Morgan fingerprint density at radius 3 is 3.06 bits per heavy atom. The second kappa shape index (κ2) is 5.92. The highest BCUT2D eigenvalue weighted by molar-refractivity contribution is 5.95. The number of pyridine rings is 1. The highest BCUT2D eigenvalue weighted by atomic mass is 16.5. The zero-order valence-corrected chi connectivity index (χ0v) is 9.25. The lowest BCUT2D eigenvalue weighted by Gasteiger charge is -2.13. The summed E-state index contributed by atoms with van der Waals surface area (Å²) in [6.07, 6.45) is 1.45. The van der Waals surface area contributed by atoms with Crippen LogP contribution in [0.15, 0.2) is 23.5 Å². The van der Waals surface area contributed by atoms with Crippen LogP contribution in [0.1, 0.15) is 12.6 Å². The van der Waals surface area contributed by atoms with Gasteiger partial charge in [0.25, 0.3) is 0 Å². The quantitative estimate of drug-likeness (QED) is 0.331. The molecule has 6 heteroatoms. The highest BCUT2D eigenvalue weighted by Gasteiger charge is 2.06. The van der Waals surface area contributed by atoms with Crippen molar-refractivity contribution in [2.24, 2.45) is 10.9 Å². The van der Waals surface area contributed by atoms with Crippen LogP contribution in [0.2, 0.25) is 0 Å². The van der Waals surface area contributed by atoms with Crippen molar-refractivity contribution in [3.63, 3.8) is 0 Å². The molecule has 0 spiro atoms. The number of methoxy groups -OCH3 is 1. The molecule has 0 aliphatic carbocycles.